The van der Waals surface area contributed by atoms with Gasteiger partial charge >= 0.3 is 5.97 Å². The van der Waals surface area contributed by atoms with E-state index in [4.69, 9.17) is 4.74 Å². The number of methoxy groups -OCH3 is 2. The van der Waals surface area contributed by atoms with Crippen LogP contribution in [0.25, 0.3) is 0 Å². The van der Waals surface area contributed by atoms with E-state index in [2.05, 4.69) is 20.7 Å². The number of nitrogens with zero attached hydrogens (tertiary/aromatic N) is 1. The summed E-state index contributed by atoms with van der Waals surface area (Å²) in [7, 11) is -1.07. The Morgan fingerprint density at radius 1 is 1.33 bits per heavy atom. The topological polar surface area (TPSA) is 72.9 Å². The van der Waals surface area contributed by atoms with Crippen LogP contribution < -0.4 is 4.74 Å². The lowest BCUT2D eigenvalue weighted by Gasteiger charge is -2.21. The van der Waals surface area contributed by atoms with Crippen molar-refractivity contribution in [2.45, 2.75) is 18.2 Å². The minimum Gasteiger partial charge on any atom is -0.495 e. The molecular weight excluding hydrogens is 362 g/mol. The molecule has 0 unspecified atom stereocenters. The first-order valence-electron chi connectivity index (χ1n) is 6.27. The van der Waals surface area contributed by atoms with Gasteiger partial charge in [-0.25, -0.2) is 8.42 Å². The SMILES string of the molecule is CCN(CCC(=O)OC)S(=O)(=O)c1cc(Br)ccc1OC. The predicted molar refractivity (Wildman–Crippen MR) is 81.8 cm³/mol. The number of halogens is 1. The van der Waals surface area contributed by atoms with Gasteiger partial charge in [0.05, 0.1) is 20.6 Å². The fraction of sp³-hybridized carbons (Fsp3) is 0.462. The molecule has 0 N–H and O–H groups in total. The molecule has 0 aromatic heterocycles. The van der Waals surface area contributed by atoms with Crippen molar-refractivity contribution in [1.29, 1.82) is 0 Å². The van der Waals surface area contributed by atoms with E-state index in [9.17, 15) is 13.2 Å². The van der Waals surface area contributed by atoms with Crippen molar-refractivity contribution >= 4 is 31.9 Å². The van der Waals surface area contributed by atoms with E-state index >= 15 is 0 Å². The number of hydrogen-bond donors (Lipinski definition) is 0. The first kappa shape index (κ1) is 17.9. The number of ether oxygens (including phenoxy) is 2. The molecule has 0 spiro atoms. The van der Waals surface area contributed by atoms with E-state index in [0.29, 0.717) is 4.47 Å². The molecule has 0 atom stereocenters. The lowest BCUT2D eigenvalue weighted by Crippen LogP contribution is -2.33. The van der Waals surface area contributed by atoms with Crippen LogP contribution in [0, 0.1) is 0 Å². The summed E-state index contributed by atoms with van der Waals surface area (Å²) in [5.41, 5.74) is 0. The first-order chi connectivity index (χ1) is 9.86. The second-order valence-electron chi connectivity index (χ2n) is 4.12. The minimum atomic E-state index is -3.75. The summed E-state index contributed by atoms with van der Waals surface area (Å²) < 4.78 is 36.8. The van der Waals surface area contributed by atoms with E-state index in [-0.39, 0.29) is 30.2 Å². The number of rotatable bonds is 7. The summed E-state index contributed by atoms with van der Waals surface area (Å²) in [6.07, 6.45) is -0.000110. The Bertz CT molecular complexity index is 603. The van der Waals surface area contributed by atoms with Gasteiger partial charge in [0.2, 0.25) is 10.0 Å². The van der Waals surface area contributed by atoms with Gasteiger partial charge in [-0.05, 0) is 18.2 Å². The normalized spacial score (nSPS) is 11.5. The van der Waals surface area contributed by atoms with Crippen LogP contribution in [0.2, 0.25) is 0 Å². The fourth-order valence-corrected chi connectivity index (χ4v) is 3.90. The Balaban J connectivity index is 3.12. The zero-order valence-corrected chi connectivity index (χ0v) is 14.5. The van der Waals surface area contributed by atoms with Gasteiger partial charge in [-0.3, -0.25) is 4.79 Å². The van der Waals surface area contributed by atoms with E-state index in [1.165, 1.54) is 24.6 Å². The molecule has 0 aliphatic carbocycles. The van der Waals surface area contributed by atoms with Crippen LogP contribution in [-0.2, 0) is 19.6 Å². The molecule has 6 nitrogen and oxygen atoms in total. The first-order valence-corrected chi connectivity index (χ1v) is 8.50. The smallest absolute Gasteiger partial charge is 0.306 e. The highest BCUT2D eigenvalue weighted by Crippen LogP contribution is 2.29. The van der Waals surface area contributed by atoms with Gasteiger partial charge < -0.3 is 9.47 Å². The molecule has 1 rings (SSSR count). The number of carbonyl (C=O) groups is 1. The van der Waals surface area contributed by atoms with Crippen molar-refractivity contribution in [3.05, 3.63) is 22.7 Å². The lowest BCUT2D eigenvalue weighted by molar-refractivity contribution is -0.140. The average Bonchev–Trinajstić information content (AvgIpc) is 2.47. The van der Waals surface area contributed by atoms with Crippen molar-refractivity contribution in [3.8, 4) is 5.75 Å². The van der Waals surface area contributed by atoms with Crippen LogP contribution in [0.4, 0.5) is 0 Å². The van der Waals surface area contributed by atoms with Gasteiger partial charge in [-0.1, -0.05) is 22.9 Å². The highest BCUT2D eigenvalue weighted by atomic mass is 79.9. The quantitative estimate of drug-likeness (QED) is 0.677. The minimum absolute atomic E-state index is 0.000110. The monoisotopic (exact) mass is 379 g/mol. The average molecular weight is 380 g/mol. The number of sulfonamides is 1. The summed E-state index contributed by atoms with van der Waals surface area (Å²) in [5.74, 6) is -0.195. The van der Waals surface area contributed by atoms with E-state index in [1.807, 2.05) is 0 Å². The molecule has 1 aromatic rings. The molecule has 0 aliphatic rings. The van der Waals surface area contributed by atoms with Crippen molar-refractivity contribution in [2.24, 2.45) is 0 Å². The van der Waals surface area contributed by atoms with Crippen LogP contribution in [0.5, 0.6) is 5.75 Å². The molecule has 118 valence electrons. The fourth-order valence-electron chi connectivity index (χ4n) is 1.76. The van der Waals surface area contributed by atoms with Crippen molar-refractivity contribution in [1.82, 2.24) is 4.31 Å². The summed E-state index contributed by atoms with van der Waals surface area (Å²) in [5, 5.41) is 0. The molecule has 0 saturated carbocycles. The Hall–Kier alpha value is -1.12. The predicted octanol–water partition coefficient (Wildman–Crippen LogP) is 2.03. The third-order valence-electron chi connectivity index (χ3n) is 2.89. The molecule has 0 heterocycles. The maximum atomic E-state index is 12.7. The molecule has 21 heavy (non-hydrogen) atoms. The maximum Gasteiger partial charge on any atom is 0.306 e. The second kappa shape index (κ2) is 7.77. The third kappa shape index (κ3) is 4.42. The molecule has 0 saturated heterocycles. The summed E-state index contributed by atoms with van der Waals surface area (Å²) in [6, 6.07) is 4.75. The standard InChI is InChI=1S/C13H18BrNO5S/c1-4-15(8-7-13(16)20-3)21(17,18)12-9-10(14)5-6-11(12)19-2/h5-6,9H,4,7-8H2,1-3H3. The molecule has 0 radical (unpaired) electrons. The van der Waals surface area contributed by atoms with Crippen LogP contribution in [0.1, 0.15) is 13.3 Å². The number of benzene rings is 1. The Kier molecular flexibility index (Phi) is 6.63. The van der Waals surface area contributed by atoms with Gasteiger partial charge in [0.1, 0.15) is 10.6 Å². The number of carbonyl (C=O) groups excluding carboxylic acids is 1. The van der Waals surface area contributed by atoms with Crippen molar-refractivity contribution in [2.75, 3.05) is 27.3 Å². The van der Waals surface area contributed by atoms with Gasteiger partial charge in [0.25, 0.3) is 0 Å². The van der Waals surface area contributed by atoms with E-state index < -0.39 is 16.0 Å². The molecule has 0 fully saturated rings. The van der Waals surface area contributed by atoms with Crippen LogP contribution in [-0.4, -0.2) is 46.0 Å². The summed E-state index contributed by atoms with van der Waals surface area (Å²) in [4.78, 5) is 11.3. The zero-order chi connectivity index (χ0) is 16.0. The zero-order valence-electron chi connectivity index (χ0n) is 12.1. The van der Waals surface area contributed by atoms with Crippen LogP contribution >= 0.6 is 15.9 Å². The Morgan fingerprint density at radius 2 is 2.00 bits per heavy atom. The third-order valence-corrected chi connectivity index (χ3v) is 5.38. The second-order valence-corrected chi connectivity index (χ2v) is 6.94. The molecular formula is C13H18BrNO5S. The highest BCUT2D eigenvalue weighted by molar-refractivity contribution is 9.10. The van der Waals surface area contributed by atoms with Gasteiger partial charge in [-0.15, -0.1) is 0 Å². The van der Waals surface area contributed by atoms with Crippen LogP contribution in [0.15, 0.2) is 27.6 Å². The largest absolute Gasteiger partial charge is 0.495 e. The molecule has 1 aromatic carbocycles. The highest BCUT2D eigenvalue weighted by Gasteiger charge is 2.27. The molecule has 0 bridgehead atoms. The van der Waals surface area contributed by atoms with Crippen LogP contribution in [0.3, 0.4) is 0 Å². The number of hydrogen-bond acceptors (Lipinski definition) is 5. The van der Waals surface area contributed by atoms with E-state index in [1.54, 1.807) is 19.1 Å². The van der Waals surface area contributed by atoms with Crippen molar-refractivity contribution in [3.63, 3.8) is 0 Å². The summed E-state index contributed by atoms with van der Waals surface area (Å²) in [6.45, 7) is 2.01. The molecule has 8 heteroatoms. The lowest BCUT2D eigenvalue weighted by atomic mass is 10.3. The Labute approximate surface area is 133 Å². The summed E-state index contributed by atoms with van der Waals surface area (Å²) >= 11 is 3.25. The molecule has 0 aliphatic heterocycles. The van der Waals surface area contributed by atoms with Crippen molar-refractivity contribution < 1.29 is 22.7 Å². The van der Waals surface area contributed by atoms with E-state index in [0.717, 1.165) is 0 Å². The maximum absolute atomic E-state index is 12.7. The van der Waals surface area contributed by atoms with Gasteiger partial charge in [0.15, 0.2) is 0 Å². The molecule has 0 amide bonds. The van der Waals surface area contributed by atoms with Gasteiger partial charge in [0, 0.05) is 17.6 Å². The Morgan fingerprint density at radius 3 is 2.52 bits per heavy atom. The number of esters is 1. The van der Waals surface area contributed by atoms with Gasteiger partial charge in [-0.2, -0.15) is 4.31 Å².